The van der Waals surface area contributed by atoms with E-state index in [1.807, 2.05) is 60.7 Å². The lowest BCUT2D eigenvalue weighted by atomic mass is 9.99. The first-order valence-corrected chi connectivity index (χ1v) is 9.46. The van der Waals surface area contributed by atoms with Crippen molar-refractivity contribution in [2.45, 2.75) is 25.2 Å². The van der Waals surface area contributed by atoms with Crippen LogP contribution in [-0.4, -0.2) is 34.9 Å². The number of benzene rings is 3. The molecule has 28 heavy (non-hydrogen) atoms. The van der Waals surface area contributed by atoms with Crippen LogP contribution in [0.3, 0.4) is 0 Å². The number of hydrogen-bond donors (Lipinski definition) is 2. The predicted molar refractivity (Wildman–Crippen MR) is 111 cm³/mol. The number of aliphatic hydroxyl groups is 2. The van der Waals surface area contributed by atoms with Gasteiger partial charge in [-0.1, -0.05) is 72.8 Å². The molecule has 0 aromatic heterocycles. The molecule has 3 aromatic carbocycles. The SMILES string of the molecule is COc1ccc([C@@H](O)[C@H](CO)N(Cc2ccccc2)Cc2ccccc2)cc1. The summed E-state index contributed by atoms with van der Waals surface area (Å²) in [5.74, 6) is 0.738. The summed E-state index contributed by atoms with van der Waals surface area (Å²) in [6, 6.07) is 27.1. The van der Waals surface area contributed by atoms with Gasteiger partial charge in [0.15, 0.2) is 0 Å². The highest BCUT2D eigenvalue weighted by Gasteiger charge is 2.27. The van der Waals surface area contributed by atoms with Crippen LogP contribution in [0.2, 0.25) is 0 Å². The molecular formula is C24H27NO3. The van der Waals surface area contributed by atoms with E-state index in [4.69, 9.17) is 4.74 Å². The fraction of sp³-hybridized carbons (Fsp3) is 0.250. The molecule has 0 aliphatic rings. The third-order valence-corrected chi connectivity index (χ3v) is 4.93. The van der Waals surface area contributed by atoms with E-state index in [1.165, 1.54) is 0 Å². The second-order valence-corrected chi connectivity index (χ2v) is 6.84. The molecule has 3 aromatic rings. The highest BCUT2D eigenvalue weighted by atomic mass is 16.5. The van der Waals surface area contributed by atoms with E-state index in [-0.39, 0.29) is 6.61 Å². The van der Waals surface area contributed by atoms with Crippen LogP contribution in [0.5, 0.6) is 5.75 Å². The Balaban J connectivity index is 1.86. The van der Waals surface area contributed by atoms with E-state index in [2.05, 4.69) is 29.2 Å². The van der Waals surface area contributed by atoms with Gasteiger partial charge in [0.25, 0.3) is 0 Å². The summed E-state index contributed by atoms with van der Waals surface area (Å²) in [6.07, 6.45) is -0.816. The minimum atomic E-state index is -0.816. The zero-order chi connectivity index (χ0) is 19.8. The van der Waals surface area contributed by atoms with E-state index < -0.39 is 12.1 Å². The van der Waals surface area contributed by atoms with Crippen molar-refractivity contribution in [3.8, 4) is 5.75 Å². The Morgan fingerprint density at radius 3 is 1.71 bits per heavy atom. The fourth-order valence-corrected chi connectivity index (χ4v) is 3.36. The number of methoxy groups -OCH3 is 1. The van der Waals surface area contributed by atoms with Crippen LogP contribution < -0.4 is 4.74 Å². The Hall–Kier alpha value is -2.66. The lowest BCUT2D eigenvalue weighted by molar-refractivity contribution is 0.00592. The zero-order valence-electron chi connectivity index (χ0n) is 16.1. The molecule has 0 bridgehead atoms. The lowest BCUT2D eigenvalue weighted by Crippen LogP contribution is -2.41. The largest absolute Gasteiger partial charge is 0.497 e. The highest BCUT2D eigenvalue weighted by Crippen LogP contribution is 2.26. The molecule has 0 heterocycles. The average Bonchev–Trinajstić information content (AvgIpc) is 2.75. The first-order chi connectivity index (χ1) is 13.7. The fourth-order valence-electron chi connectivity index (χ4n) is 3.36. The maximum absolute atomic E-state index is 11.0. The van der Waals surface area contributed by atoms with Gasteiger partial charge in [0.1, 0.15) is 5.75 Å². The topological polar surface area (TPSA) is 52.9 Å². The summed E-state index contributed by atoms with van der Waals surface area (Å²) in [5, 5.41) is 21.2. The second kappa shape index (κ2) is 10.0. The van der Waals surface area contributed by atoms with Crippen molar-refractivity contribution in [2.75, 3.05) is 13.7 Å². The molecule has 2 N–H and O–H groups in total. The molecule has 0 unspecified atom stereocenters. The number of nitrogens with zero attached hydrogens (tertiary/aromatic N) is 1. The maximum Gasteiger partial charge on any atom is 0.118 e. The molecule has 0 spiro atoms. The summed E-state index contributed by atoms with van der Waals surface area (Å²) in [4.78, 5) is 2.12. The lowest BCUT2D eigenvalue weighted by Gasteiger charge is -2.34. The Morgan fingerprint density at radius 1 is 0.786 bits per heavy atom. The molecule has 146 valence electrons. The standard InChI is InChI=1S/C24H27NO3/c1-28-22-14-12-21(13-15-22)24(27)23(18-26)25(16-19-8-4-2-5-9-19)17-20-10-6-3-7-11-20/h2-15,23-24,26-27H,16-18H2,1H3/t23-,24+/m0/s1. The Kier molecular flexibility index (Phi) is 7.20. The Morgan fingerprint density at radius 2 is 1.29 bits per heavy atom. The molecule has 0 aliphatic heterocycles. The van der Waals surface area contributed by atoms with Crippen molar-refractivity contribution in [1.29, 1.82) is 0 Å². The third kappa shape index (κ3) is 5.20. The maximum atomic E-state index is 11.0. The van der Waals surface area contributed by atoms with Crippen molar-refractivity contribution in [1.82, 2.24) is 4.90 Å². The van der Waals surface area contributed by atoms with Crippen LogP contribution >= 0.6 is 0 Å². The summed E-state index contributed by atoms with van der Waals surface area (Å²) in [5.41, 5.74) is 3.03. The molecule has 2 atom stereocenters. The average molecular weight is 377 g/mol. The van der Waals surface area contributed by atoms with E-state index in [9.17, 15) is 10.2 Å². The zero-order valence-corrected chi connectivity index (χ0v) is 16.1. The van der Waals surface area contributed by atoms with Crippen molar-refractivity contribution in [3.63, 3.8) is 0 Å². The molecule has 0 fully saturated rings. The molecule has 0 aliphatic carbocycles. The monoisotopic (exact) mass is 377 g/mol. The molecule has 0 saturated heterocycles. The van der Waals surface area contributed by atoms with Gasteiger partial charge in [0.05, 0.1) is 25.9 Å². The first-order valence-electron chi connectivity index (χ1n) is 9.46. The molecule has 4 nitrogen and oxygen atoms in total. The summed E-state index contributed by atoms with van der Waals surface area (Å²) in [7, 11) is 1.61. The van der Waals surface area contributed by atoms with Crippen molar-refractivity contribution in [3.05, 3.63) is 102 Å². The second-order valence-electron chi connectivity index (χ2n) is 6.84. The first kappa shape index (κ1) is 20.1. The number of ether oxygens (including phenoxy) is 1. The van der Waals surface area contributed by atoms with Crippen LogP contribution in [-0.2, 0) is 13.1 Å². The van der Waals surface area contributed by atoms with Crippen molar-refractivity contribution < 1.29 is 14.9 Å². The molecule has 0 amide bonds. The highest BCUT2D eigenvalue weighted by molar-refractivity contribution is 5.29. The van der Waals surface area contributed by atoms with Crippen LogP contribution in [0.25, 0.3) is 0 Å². The summed E-state index contributed by atoms with van der Waals surface area (Å²) in [6.45, 7) is 1.12. The van der Waals surface area contributed by atoms with Crippen molar-refractivity contribution >= 4 is 0 Å². The van der Waals surface area contributed by atoms with E-state index in [1.54, 1.807) is 7.11 Å². The number of hydrogen-bond acceptors (Lipinski definition) is 4. The number of rotatable bonds is 9. The summed E-state index contributed by atoms with van der Waals surface area (Å²) < 4.78 is 5.20. The van der Waals surface area contributed by atoms with Gasteiger partial charge in [-0.2, -0.15) is 0 Å². The van der Waals surface area contributed by atoms with Crippen LogP contribution in [0, 0.1) is 0 Å². The molecule has 4 heteroatoms. The Labute approximate surface area is 166 Å². The van der Waals surface area contributed by atoms with Gasteiger partial charge in [0.2, 0.25) is 0 Å². The smallest absolute Gasteiger partial charge is 0.118 e. The molecule has 0 saturated carbocycles. The van der Waals surface area contributed by atoms with Crippen LogP contribution in [0.15, 0.2) is 84.9 Å². The number of aliphatic hydroxyl groups excluding tert-OH is 2. The van der Waals surface area contributed by atoms with Crippen molar-refractivity contribution in [2.24, 2.45) is 0 Å². The van der Waals surface area contributed by atoms with Gasteiger partial charge < -0.3 is 14.9 Å². The van der Waals surface area contributed by atoms with Gasteiger partial charge in [-0.25, -0.2) is 0 Å². The van der Waals surface area contributed by atoms with Crippen LogP contribution in [0.1, 0.15) is 22.8 Å². The third-order valence-electron chi connectivity index (χ3n) is 4.93. The predicted octanol–water partition coefficient (Wildman–Crippen LogP) is 3.79. The van der Waals surface area contributed by atoms with Crippen LogP contribution in [0.4, 0.5) is 0 Å². The molecule has 0 radical (unpaired) electrons. The normalized spacial score (nSPS) is 13.3. The molecular weight excluding hydrogens is 350 g/mol. The van der Waals surface area contributed by atoms with E-state index in [0.717, 1.165) is 22.4 Å². The van der Waals surface area contributed by atoms with Gasteiger partial charge in [-0.15, -0.1) is 0 Å². The quantitative estimate of drug-likeness (QED) is 0.596. The molecule has 3 rings (SSSR count). The minimum Gasteiger partial charge on any atom is -0.497 e. The van der Waals surface area contributed by atoms with E-state index in [0.29, 0.717) is 13.1 Å². The Bertz CT molecular complexity index is 780. The summed E-state index contributed by atoms with van der Waals surface area (Å²) >= 11 is 0. The van der Waals surface area contributed by atoms with Gasteiger partial charge in [-0.05, 0) is 28.8 Å². The minimum absolute atomic E-state index is 0.146. The van der Waals surface area contributed by atoms with Gasteiger partial charge in [-0.3, -0.25) is 4.90 Å². The van der Waals surface area contributed by atoms with Gasteiger partial charge in [0, 0.05) is 13.1 Å². The van der Waals surface area contributed by atoms with Gasteiger partial charge >= 0.3 is 0 Å². The van der Waals surface area contributed by atoms with E-state index >= 15 is 0 Å².